The summed E-state index contributed by atoms with van der Waals surface area (Å²) in [6.07, 6.45) is 0.630. The lowest BCUT2D eigenvalue weighted by Crippen LogP contribution is -2.40. The highest BCUT2D eigenvalue weighted by Gasteiger charge is 2.30. The lowest BCUT2D eigenvalue weighted by atomic mass is 10.2. The highest BCUT2D eigenvalue weighted by Crippen LogP contribution is 2.09. The minimum atomic E-state index is -0.477. The van der Waals surface area contributed by atoms with E-state index in [-0.39, 0.29) is 10.9 Å². The van der Waals surface area contributed by atoms with Gasteiger partial charge in [-0.1, -0.05) is 18.2 Å². The predicted molar refractivity (Wildman–Crippen MR) is 49.2 cm³/mol. The van der Waals surface area contributed by atoms with Crippen LogP contribution < -0.4 is 5.32 Å². The first-order chi connectivity index (χ1) is 6.02. The third-order valence-electron chi connectivity index (χ3n) is 1.98. The van der Waals surface area contributed by atoms with Gasteiger partial charge in [0, 0.05) is 13.6 Å². The van der Waals surface area contributed by atoms with E-state index < -0.39 is 11.9 Å². The van der Waals surface area contributed by atoms with Crippen LogP contribution in [0.25, 0.3) is 0 Å². The Morgan fingerprint density at radius 3 is 2.77 bits per heavy atom. The standard InChI is InChI=1S/C8H11ClN2O2/c1-5(9)7(12)10-6-3-4-11(2)8(6)13/h6H,1,3-4H2,2H3,(H,10,12). The number of carbonyl (C=O) groups excluding carboxylic acids is 2. The molecule has 1 heterocycles. The van der Waals surface area contributed by atoms with E-state index in [2.05, 4.69) is 11.9 Å². The van der Waals surface area contributed by atoms with Crippen molar-refractivity contribution in [3.63, 3.8) is 0 Å². The monoisotopic (exact) mass is 202 g/mol. The van der Waals surface area contributed by atoms with Crippen LogP contribution in [0.2, 0.25) is 0 Å². The molecule has 1 atom stereocenters. The van der Waals surface area contributed by atoms with Crippen molar-refractivity contribution in [2.45, 2.75) is 12.5 Å². The molecule has 0 spiro atoms. The van der Waals surface area contributed by atoms with Crippen molar-refractivity contribution in [2.24, 2.45) is 0 Å². The molecule has 1 rings (SSSR count). The first-order valence-electron chi connectivity index (χ1n) is 3.92. The summed E-state index contributed by atoms with van der Waals surface area (Å²) in [6.45, 7) is 3.93. The van der Waals surface area contributed by atoms with Crippen LogP contribution in [0.5, 0.6) is 0 Å². The highest BCUT2D eigenvalue weighted by atomic mass is 35.5. The van der Waals surface area contributed by atoms with Gasteiger partial charge in [0.25, 0.3) is 5.91 Å². The zero-order valence-corrected chi connectivity index (χ0v) is 8.10. The molecule has 4 nitrogen and oxygen atoms in total. The molecule has 0 bridgehead atoms. The Bertz CT molecular complexity index is 265. The van der Waals surface area contributed by atoms with Gasteiger partial charge in [0.2, 0.25) is 5.91 Å². The fourth-order valence-corrected chi connectivity index (χ4v) is 1.25. The van der Waals surface area contributed by atoms with Crippen LogP contribution in [-0.2, 0) is 9.59 Å². The van der Waals surface area contributed by atoms with Gasteiger partial charge >= 0.3 is 0 Å². The molecule has 5 heteroatoms. The van der Waals surface area contributed by atoms with Gasteiger partial charge in [0.05, 0.1) is 5.03 Å². The van der Waals surface area contributed by atoms with E-state index >= 15 is 0 Å². The summed E-state index contributed by atoms with van der Waals surface area (Å²) in [5.41, 5.74) is 0. The maximum Gasteiger partial charge on any atom is 0.262 e. The number of hydrogen-bond donors (Lipinski definition) is 1. The number of amides is 2. The van der Waals surface area contributed by atoms with Gasteiger partial charge in [-0.05, 0) is 6.42 Å². The maximum atomic E-state index is 11.3. The van der Waals surface area contributed by atoms with Gasteiger partial charge in [-0.2, -0.15) is 0 Å². The fourth-order valence-electron chi connectivity index (χ4n) is 1.19. The number of likely N-dealkylation sites (tertiary alicyclic amines) is 1. The van der Waals surface area contributed by atoms with Crippen molar-refractivity contribution in [1.29, 1.82) is 0 Å². The quantitative estimate of drug-likeness (QED) is 0.645. The molecule has 1 N–H and O–H groups in total. The van der Waals surface area contributed by atoms with Gasteiger partial charge in [0.15, 0.2) is 0 Å². The number of carbonyl (C=O) groups is 2. The van der Waals surface area contributed by atoms with Crippen molar-refractivity contribution >= 4 is 23.4 Å². The molecular weight excluding hydrogens is 192 g/mol. The number of rotatable bonds is 2. The van der Waals surface area contributed by atoms with Crippen molar-refractivity contribution in [3.8, 4) is 0 Å². The molecule has 0 aromatic carbocycles. The van der Waals surface area contributed by atoms with Gasteiger partial charge in [-0.25, -0.2) is 0 Å². The van der Waals surface area contributed by atoms with Gasteiger partial charge in [-0.3, -0.25) is 9.59 Å². The highest BCUT2D eigenvalue weighted by molar-refractivity contribution is 6.41. The zero-order valence-electron chi connectivity index (χ0n) is 7.34. The molecular formula is C8H11ClN2O2. The van der Waals surface area contributed by atoms with Crippen molar-refractivity contribution in [1.82, 2.24) is 10.2 Å². The third-order valence-corrected chi connectivity index (χ3v) is 2.15. The number of halogens is 1. The zero-order chi connectivity index (χ0) is 10.0. The lowest BCUT2D eigenvalue weighted by molar-refractivity contribution is -0.130. The summed E-state index contributed by atoms with van der Waals surface area (Å²) in [5, 5.41) is 2.40. The first kappa shape index (κ1) is 10.1. The molecule has 1 aliphatic rings. The smallest absolute Gasteiger partial charge is 0.262 e. The van der Waals surface area contributed by atoms with E-state index in [0.29, 0.717) is 13.0 Å². The van der Waals surface area contributed by atoms with E-state index in [1.165, 1.54) is 0 Å². The minimum Gasteiger partial charge on any atom is -0.344 e. The molecule has 72 valence electrons. The molecule has 0 aromatic heterocycles. The van der Waals surface area contributed by atoms with E-state index in [4.69, 9.17) is 11.6 Å². The first-order valence-corrected chi connectivity index (χ1v) is 4.30. The van der Waals surface area contributed by atoms with Crippen molar-refractivity contribution in [2.75, 3.05) is 13.6 Å². The second-order valence-electron chi connectivity index (χ2n) is 2.98. The number of hydrogen-bond acceptors (Lipinski definition) is 2. The topological polar surface area (TPSA) is 49.4 Å². The Hall–Kier alpha value is -1.03. The predicted octanol–water partition coefficient (Wildman–Crippen LogP) is 0.0858. The van der Waals surface area contributed by atoms with E-state index in [1.807, 2.05) is 0 Å². The average Bonchev–Trinajstić information content (AvgIpc) is 2.36. The number of likely N-dealkylation sites (N-methyl/N-ethyl adjacent to an activating group) is 1. The molecule has 1 fully saturated rings. The van der Waals surface area contributed by atoms with E-state index in [0.717, 1.165) is 0 Å². The Morgan fingerprint density at radius 2 is 2.38 bits per heavy atom. The summed E-state index contributed by atoms with van der Waals surface area (Å²) < 4.78 is 0. The maximum absolute atomic E-state index is 11.3. The SMILES string of the molecule is C=C(Cl)C(=O)NC1CCN(C)C1=O. The van der Waals surface area contributed by atoms with Crippen LogP contribution in [0.1, 0.15) is 6.42 Å². The largest absolute Gasteiger partial charge is 0.344 e. The van der Waals surface area contributed by atoms with Crippen LogP contribution in [-0.4, -0.2) is 36.3 Å². The second kappa shape index (κ2) is 3.79. The molecule has 1 aliphatic heterocycles. The van der Waals surface area contributed by atoms with Crippen molar-refractivity contribution < 1.29 is 9.59 Å². The van der Waals surface area contributed by atoms with Crippen molar-refractivity contribution in [3.05, 3.63) is 11.6 Å². The average molecular weight is 203 g/mol. The molecule has 13 heavy (non-hydrogen) atoms. The van der Waals surface area contributed by atoms with Crippen LogP contribution >= 0.6 is 11.6 Å². The Morgan fingerprint density at radius 1 is 1.77 bits per heavy atom. The van der Waals surface area contributed by atoms with E-state index in [1.54, 1.807) is 11.9 Å². The number of nitrogens with zero attached hydrogens (tertiary/aromatic N) is 1. The molecule has 1 unspecified atom stereocenters. The normalized spacial score (nSPS) is 21.8. The summed E-state index contributed by atoms with van der Waals surface area (Å²) >= 11 is 5.36. The summed E-state index contributed by atoms with van der Waals surface area (Å²) in [6, 6.07) is -0.437. The minimum absolute atomic E-state index is 0.0775. The van der Waals surface area contributed by atoms with Crippen LogP contribution in [0.4, 0.5) is 0 Å². The molecule has 2 amide bonds. The fraction of sp³-hybridized carbons (Fsp3) is 0.500. The van der Waals surface area contributed by atoms with Gasteiger partial charge < -0.3 is 10.2 Å². The van der Waals surface area contributed by atoms with Crippen LogP contribution in [0, 0.1) is 0 Å². The molecule has 0 aromatic rings. The Kier molecular flexibility index (Phi) is 2.93. The van der Waals surface area contributed by atoms with Crippen LogP contribution in [0.3, 0.4) is 0 Å². The summed E-state index contributed by atoms with van der Waals surface area (Å²) in [5.74, 6) is -0.554. The lowest BCUT2D eigenvalue weighted by Gasteiger charge is -2.11. The van der Waals surface area contributed by atoms with E-state index in [9.17, 15) is 9.59 Å². The third kappa shape index (κ3) is 2.21. The van der Waals surface area contributed by atoms with Gasteiger partial charge in [-0.15, -0.1) is 0 Å². The molecule has 1 saturated heterocycles. The molecule has 0 aliphatic carbocycles. The summed E-state index contributed by atoms with van der Waals surface area (Å²) in [7, 11) is 1.70. The second-order valence-corrected chi connectivity index (χ2v) is 3.44. The Balaban J connectivity index is 2.52. The van der Waals surface area contributed by atoms with Crippen LogP contribution in [0.15, 0.2) is 11.6 Å². The molecule has 0 radical (unpaired) electrons. The summed E-state index contributed by atoms with van der Waals surface area (Å²) in [4.78, 5) is 23.9. The molecule has 0 saturated carbocycles. The van der Waals surface area contributed by atoms with Gasteiger partial charge in [0.1, 0.15) is 6.04 Å². The number of nitrogens with one attached hydrogen (secondary N) is 1. The Labute approximate surface area is 81.5 Å².